The largest absolute Gasteiger partial charge is 0.377 e. The van der Waals surface area contributed by atoms with Gasteiger partial charge in [0.25, 0.3) is 0 Å². The minimum atomic E-state index is 0.326. The van der Waals surface area contributed by atoms with E-state index in [1.165, 1.54) is 32.1 Å². The van der Waals surface area contributed by atoms with Crippen LogP contribution in [0.5, 0.6) is 0 Å². The molecule has 94 valence electrons. The summed E-state index contributed by atoms with van der Waals surface area (Å²) >= 11 is 2.06. The normalized spacial score (nSPS) is 38.8. The van der Waals surface area contributed by atoms with Gasteiger partial charge in [-0.25, -0.2) is 0 Å². The molecule has 1 saturated heterocycles. The van der Waals surface area contributed by atoms with Crippen molar-refractivity contribution in [2.45, 2.75) is 63.3 Å². The molecule has 1 aliphatic heterocycles. The molecule has 0 aromatic carbocycles. The van der Waals surface area contributed by atoms with Crippen molar-refractivity contribution in [3.63, 3.8) is 0 Å². The van der Waals surface area contributed by atoms with Crippen LogP contribution in [0.25, 0.3) is 0 Å². The Hall–Kier alpha value is 0.270. The van der Waals surface area contributed by atoms with E-state index in [1.807, 2.05) is 0 Å². The van der Waals surface area contributed by atoms with Gasteiger partial charge in [-0.3, -0.25) is 0 Å². The van der Waals surface area contributed by atoms with E-state index in [2.05, 4.69) is 25.6 Å². The lowest BCUT2D eigenvalue weighted by Crippen LogP contribution is -2.48. The van der Waals surface area contributed by atoms with Crippen LogP contribution < -0.4 is 5.73 Å². The average Bonchev–Trinajstić information content (AvgIpc) is 2.73. The van der Waals surface area contributed by atoms with Crippen molar-refractivity contribution in [1.29, 1.82) is 0 Å². The average molecular weight is 243 g/mol. The van der Waals surface area contributed by atoms with Gasteiger partial charge in [-0.15, -0.1) is 0 Å². The van der Waals surface area contributed by atoms with Gasteiger partial charge in [-0.1, -0.05) is 20.3 Å². The van der Waals surface area contributed by atoms with Gasteiger partial charge < -0.3 is 10.5 Å². The van der Waals surface area contributed by atoms with Crippen molar-refractivity contribution in [3.8, 4) is 0 Å². The van der Waals surface area contributed by atoms with Crippen LogP contribution in [0.4, 0.5) is 0 Å². The highest BCUT2D eigenvalue weighted by Crippen LogP contribution is 2.39. The first-order chi connectivity index (χ1) is 7.59. The van der Waals surface area contributed by atoms with Crippen LogP contribution >= 0.6 is 11.8 Å². The zero-order valence-electron chi connectivity index (χ0n) is 10.6. The third-order valence-electron chi connectivity index (χ3n) is 4.13. The van der Waals surface area contributed by atoms with Crippen molar-refractivity contribution in [2.75, 3.05) is 12.4 Å². The Labute approximate surface area is 104 Å². The Bertz CT molecular complexity index is 226. The standard InChI is InChI=1S/C13H25NOS/c1-13(2)7-3-6-11(12(13)14)16-9-10-5-4-8-15-10/h10-12H,3-9,14H2,1-2H3. The van der Waals surface area contributed by atoms with Gasteiger partial charge in [0.2, 0.25) is 0 Å². The summed E-state index contributed by atoms with van der Waals surface area (Å²) in [4.78, 5) is 0. The fourth-order valence-corrected chi connectivity index (χ4v) is 4.44. The maximum atomic E-state index is 6.38. The number of hydrogen-bond donors (Lipinski definition) is 1. The maximum absolute atomic E-state index is 6.38. The van der Waals surface area contributed by atoms with Crippen molar-refractivity contribution in [2.24, 2.45) is 11.1 Å². The molecule has 2 N–H and O–H groups in total. The van der Waals surface area contributed by atoms with Gasteiger partial charge >= 0.3 is 0 Å². The highest BCUT2D eigenvalue weighted by atomic mass is 32.2. The Morgan fingerprint density at radius 2 is 2.12 bits per heavy atom. The molecule has 0 radical (unpaired) electrons. The smallest absolute Gasteiger partial charge is 0.0666 e. The van der Waals surface area contributed by atoms with Gasteiger partial charge in [0.15, 0.2) is 0 Å². The van der Waals surface area contributed by atoms with E-state index in [-0.39, 0.29) is 0 Å². The second-order valence-corrected chi connectivity index (χ2v) is 7.19. The summed E-state index contributed by atoms with van der Waals surface area (Å²) < 4.78 is 5.67. The molecular weight excluding hydrogens is 218 g/mol. The Kier molecular flexibility index (Phi) is 4.20. The Morgan fingerprint density at radius 3 is 2.81 bits per heavy atom. The van der Waals surface area contributed by atoms with Crippen molar-refractivity contribution in [3.05, 3.63) is 0 Å². The summed E-state index contributed by atoms with van der Waals surface area (Å²) in [5.41, 5.74) is 6.71. The van der Waals surface area contributed by atoms with E-state index in [0.29, 0.717) is 22.8 Å². The van der Waals surface area contributed by atoms with E-state index in [9.17, 15) is 0 Å². The molecule has 0 aromatic rings. The number of ether oxygens (including phenoxy) is 1. The van der Waals surface area contributed by atoms with E-state index >= 15 is 0 Å². The van der Waals surface area contributed by atoms with Crippen LogP contribution in [0.15, 0.2) is 0 Å². The lowest BCUT2D eigenvalue weighted by molar-refractivity contribution is 0.128. The van der Waals surface area contributed by atoms with Crippen molar-refractivity contribution >= 4 is 11.8 Å². The third-order valence-corrected chi connectivity index (χ3v) is 5.65. The summed E-state index contributed by atoms with van der Waals surface area (Å²) in [6.45, 7) is 5.60. The molecule has 3 unspecified atom stereocenters. The molecule has 2 rings (SSSR count). The van der Waals surface area contributed by atoms with E-state index < -0.39 is 0 Å². The molecule has 2 nitrogen and oxygen atoms in total. The van der Waals surface area contributed by atoms with Crippen molar-refractivity contribution < 1.29 is 4.74 Å². The first-order valence-corrected chi connectivity index (χ1v) is 7.63. The molecule has 0 amide bonds. The molecule has 3 atom stereocenters. The predicted octanol–water partition coefficient (Wildman–Crippen LogP) is 2.80. The predicted molar refractivity (Wildman–Crippen MR) is 70.8 cm³/mol. The topological polar surface area (TPSA) is 35.2 Å². The van der Waals surface area contributed by atoms with Crippen LogP contribution in [0, 0.1) is 5.41 Å². The number of hydrogen-bond acceptors (Lipinski definition) is 3. The van der Waals surface area contributed by atoms with Crippen LogP contribution in [-0.4, -0.2) is 29.8 Å². The molecule has 1 saturated carbocycles. The quantitative estimate of drug-likeness (QED) is 0.828. The second kappa shape index (κ2) is 5.28. The van der Waals surface area contributed by atoms with Gasteiger partial charge in [0.05, 0.1) is 6.10 Å². The molecule has 0 spiro atoms. The molecule has 1 heterocycles. The Balaban J connectivity index is 1.79. The highest BCUT2D eigenvalue weighted by molar-refractivity contribution is 8.00. The minimum Gasteiger partial charge on any atom is -0.377 e. The fourth-order valence-electron chi connectivity index (χ4n) is 2.80. The van der Waals surface area contributed by atoms with Gasteiger partial charge in [-0.05, 0) is 31.1 Å². The third kappa shape index (κ3) is 2.93. The summed E-state index contributed by atoms with van der Waals surface area (Å²) in [6.07, 6.45) is 6.91. The number of rotatable bonds is 3. The molecule has 0 bridgehead atoms. The monoisotopic (exact) mass is 243 g/mol. The zero-order valence-corrected chi connectivity index (χ0v) is 11.4. The Morgan fingerprint density at radius 1 is 1.31 bits per heavy atom. The summed E-state index contributed by atoms with van der Waals surface area (Å²) in [6, 6.07) is 0.354. The molecule has 16 heavy (non-hydrogen) atoms. The molecule has 0 aromatic heterocycles. The highest BCUT2D eigenvalue weighted by Gasteiger charge is 2.36. The molecular formula is C13H25NOS. The molecule has 3 heteroatoms. The van der Waals surface area contributed by atoms with E-state index in [4.69, 9.17) is 10.5 Å². The minimum absolute atomic E-state index is 0.326. The van der Waals surface area contributed by atoms with Crippen LogP contribution in [-0.2, 0) is 4.74 Å². The van der Waals surface area contributed by atoms with E-state index in [1.54, 1.807) is 0 Å². The van der Waals surface area contributed by atoms with Crippen molar-refractivity contribution in [1.82, 2.24) is 0 Å². The lowest BCUT2D eigenvalue weighted by Gasteiger charge is -2.41. The van der Waals surface area contributed by atoms with E-state index in [0.717, 1.165) is 12.4 Å². The SMILES string of the molecule is CC1(C)CCCC(SCC2CCCO2)C1N. The number of nitrogens with two attached hydrogens (primary N) is 1. The van der Waals surface area contributed by atoms with Crippen LogP contribution in [0.1, 0.15) is 46.0 Å². The first kappa shape index (κ1) is 12.7. The number of thioether (sulfide) groups is 1. The first-order valence-electron chi connectivity index (χ1n) is 6.58. The van der Waals surface area contributed by atoms with Gasteiger partial charge in [-0.2, -0.15) is 11.8 Å². The summed E-state index contributed by atoms with van der Waals surface area (Å²) in [7, 11) is 0. The van der Waals surface area contributed by atoms with Crippen LogP contribution in [0.3, 0.4) is 0 Å². The summed E-state index contributed by atoms with van der Waals surface area (Å²) in [5, 5.41) is 0.646. The molecule has 2 fully saturated rings. The zero-order chi connectivity index (χ0) is 11.6. The molecule has 1 aliphatic carbocycles. The van der Waals surface area contributed by atoms with Gasteiger partial charge in [0, 0.05) is 23.7 Å². The van der Waals surface area contributed by atoms with Gasteiger partial charge in [0.1, 0.15) is 0 Å². The maximum Gasteiger partial charge on any atom is 0.0666 e. The second-order valence-electron chi connectivity index (χ2n) is 5.91. The lowest BCUT2D eigenvalue weighted by atomic mass is 9.73. The molecule has 2 aliphatic rings. The fraction of sp³-hybridized carbons (Fsp3) is 1.00. The van der Waals surface area contributed by atoms with Crippen LogP contribution in [0.2, 0.25) is 0 Å². The summed E-state index contributed by atoms with van der Waals surface area (Å²) in [5.74, 6) is 1.15.